The topological polar surface area (TPSA) is 86.6 Å². The lowest BCUT2D eigenvalue weighted by atomic mass is 10.0. The quantitative estimate of drug-likeness (QED) is 0.0886. The Kier molecular flexibility index (Phi) is 8.62. The minimum Gasteiger partial charge on any atom is -0.381 e. The molecule has 1 aliphatic carbocycles. The van der Waals surface area contributed by atoms with Gasteiger partial charge >= 0.3 is 0 Å². The van der Waals surface area contributed by atoms with E-state index in [9.17, 15) is 0 Å². The first-order chi connectivity index (χ1) is 13.6. The molecule has 0 unspecified atom stereocenters. The molecule has 1 aromatic rings. The molecule has 0 saturated heterocycles. The predicted molar refractivity (Wildman–Crippen MR) is 123 cm³/mol. The molecule has 28 heavy (non-hydrogen) atoms. The van der Waals surface area contributed by atoms with E-state index in [1.165, 1.54) is 10.1 Å². The molecule has 0 saturated carbocycles. The van der Waals surface area contributed by atoms with Gasteiger partial charge in [0, 0.05) is 23.4 Å². The van der Waals surface area contributed by atoms with E-state index in [4.69, 9.17) is 11.3 Å². The van der Waals surface area contributed by atoms with Crippen molar-refractivity contribution in [1.82, 2.24) is 0 Å². The van der Waals surface area contributed by atoms with Crippen molar-refractivity contribution >= 4 is 33.0 Å². The smallest absolute Gasteiger partial charge is 0.176 e. The lowest BCUT2D eigenvalue weighted by molar-refractivity contribution is 1.02. The molecule has 0 bridgehead atoms. The van der Waals surface area contributed by atoms with E-state index in [0.717, 1.165) is 42.6 Å². The molecular formula is C22H26BrN5. The highest BCUT2D eigenvalue weighted by molar-refractivity contribution is 9.11. The average molecular weight is 440 g/mol. The summed E-state index contributed by atoms with van der Waals surface area (Å²) in [5, 5.41) is 18.3. The monoisotopic (exact) mass is 439 g/mol. The van der Waals surface area contributed by atoms with Crippen LogP contribution in [0.5, 0.6) is 0 Å². The number of nitrogens with one attached hydrogen (secondary N) is 2. The van der Waals surface area contributed by atoms with Crippen molar-refractivity contribution in [2.75, 3.05) is 11.9 Å². The SMILES string of the molecule is C=C(/C=C\C=C/C)c1cc(C(=N)N=NN)ccc1NCC1=C(Br)CCC=CC1. The van der Waals surface area contributed by atoms with Crippen molar-refractivity contribution < 1.29 is 0 Å². The van der Waals surface area contributed by atoms with Crippen LogP contribution in [0.4, 0.5) is 5.69 Å². The van der Waals surface area contributed by atoms with Gasteiger partial charge < -0.3 is 11.2 Å². The Balaban J connectivity index is 2.31. The summed E-state index contributed by atoms with van der Waals surface area (Å²) in [4.78, 5) is 0. The molecule has 2 rings (SSSR count). The molecule has 0 fully saturated rings. The summed E-state index contributed by atoms with van der Waals surface area (Å²) in [6.07, 6.45) is 15.3. The Labute approximate surface area is 175 Å². The molecule has 0 amide bonds. The number of benzene rings is 1. The summed E-state index contributed by atoms with van der Waals surface area (Å²) >= 11 is 3.72. The van der Waals surface area contributed by atoms with Crippen LogP contribution in [0.3, 0.4) is 0 Å². The van der Waals surface area contributed by atoms with E-state index >= 15 is 0 Å². The summed E-state index contributed by atoms with van der Waals surface area (Å²) in [5.74, 6) is 5.10. The maximum atomic E-state index is 7.98. The van der Waals surface area contributed by atoms with Gasteiger partial charge in [0.05, 0.1) is 0 Å². The van der Waals surface area contributed by atoms with Crippen molar-refractivity contribution in [2.24, 2.45) is 16.2 Å². The van der Waals surface area contributed by atoms with Crippen LogP contribution < -0.4 is 11.2 Å². The molecule has 6 heteroatoms. The maximum absolute atomic E-state index is 7.98. The molecule has 1 aromatic carbocycles. The van der Waals surface area contributed by atoms with E-state index in [2.05, 4.69) is 50.3 Å². The Morgan fingerprint density at radius 1 is 1.36 bits per heavy atom. The third kappa shape index (κ3) is 6.16. The molecule has 0 radical (unpaired) electrons. The van der Waals surface area contributed by atoms with Crippen LogP contribution in [0.25, 0.3) is 5.57 Å². The summed E-state index contributed by atoms with van der Waals surface area (Å²) in [6.45, 7) is 6.89. The third-order valence-corrected chi connectivity index (χ3v) is 5.29. The zero-order valence-corrected chi connectivity index (χ0v) is 17.7. The highest BCUT2D eigenvalue weighted by Gasteiger charge is 2.11. The van der Waals surface area contributed by atoms with Gasteiger partial charge in [-0.15, -0.1) is 5.11 Å². The third-order valence-electron chi connectivity index (χ3n) is 4.33. The highest BCUT2D eigenvalue weighted by Crippen LogP contribution is 2.28. The number of hydrogen-bond donors (Lipinski definition) is 3. The van der Waals surface area contributed by atoms with E-state index < -0.39 is 0 Å². The minimum absolute atomic E-state index is 0.0138. The first-order valence-electron chi connectivity index (χ1n) is 9.14. The van der Waals surface area contributed by atoms with Gasteiger partial charge in [0.25, 0.3) is 0 Å². The normalized spacial score (nSPS) is 14.9. The van der Waals surface area contributed by atoms with Gasteiger partial charge in [-0.05, 0) is 60.0 Å². The minimum atomic E-state index is 0.0138. The Hall–Kier alpha value is -2.73. The standard InChI is InChI=1S/C22H26BrN5/c1-3-4-6-9-16(2)19-14-17(22(24)27-28-25)12-13-21(19)26-15-18-10-7-5-8-11-20(18)23/h3-7,9,12-14,26H,2,8,10-11,15H2,1H3,(H3,24,25,27)/b4-3-,9-6-. The van der Waals surface area contributed by atoms with Crippen LogP contribution in [0.1, 0.15) is 37.3 Å². The number of amidine groups is 1. The van der Waals surface area contributed by atoms with Crippen LogP contribution in [0.2, 0.25) is 0 Å². The number of hydrogen-bond acceptors (Lipinski definition) is 3. The van der Waals surface area contributed by atoms with Gasteiger partial charge in [0.2, 0.25) is 0 Å². The van der Waals surface area contributed by atoms with Crippen LogP contribution in [0, 0.1) is 5.41 Å². The Bertz CT molecular complexity index is 875. The van der Waals surface area contributed by atoms with Crippen molar-refractivity contribution in [3.05, 3.63) is 82.4 Å². The number of anilines is 1. The number of nitrogens with two attached hydrogens (primary N) is 1. The zero-order chi connectivity index (χ0) is 20.4. The molecule has 5 nitrogen and oxygen atoms in total. The van der Waals surface area contributed by atoms with E-state index in [1.807, 2.05) is 49.4 Å². The van der Waals surface area contributed by atoms with Crippen molar-refractivity contribution in [1.29, 1.82) is 5.41 Å². The molecule has 1 aliphatic rings. The van der Waals surface area contributed by atoms with Gasteiger partial charge in [-0.2, -0.15) is 0 Å². The van der Waals surface area contributed by atoms with E-state index in [1.54, 1.807) is 0 Å². The molecule has 146 valence electrons. The van der Waals surface area contributed by atoms with Crippen LogP contribution in [-0.2, 0) is 0 Å². The Morgan fingerprint density at radius 2 is 2.18 bits per heavy atom. The van der Waals surface area contributed by atoms with Gasteiger partial charge in [-0.25, -0.2) is 0 Å². The second-order valence-electron chi connectivity index (χ2n) is 6.31. The maximum Gasteiger partial charge on any atom is 0.176 e. The summed E-state index contributed by atoms with van der Waals surface area (Å²) < 4.78 is 1.26. The van der Waals surface area contributed by atoms with Crippen LogP contribution in [-0.4, -0.2) is 12.4 Å². The van der Waals surface area contributed by atoms with Crippen molar-refractivity contribution in [2.45, 2.75) is 26.2 Å². The van der Waals surface area contributed by atoms with Crippen LogP contribution in [0.15, 0.2) is 81.6 Å². The Morgan fingerprint density at radius 3 is 2.93 bits per heavy atom. The summed E-state index contributed by atoms with van der Waals surface area (Å²) in [6, 6.07) is 5.67. The first-order valence-corrected chi connectivity index (χ1v) is 9.94. The predicted octanol–water partition coefficient (Wildman–Crippen LogP) is 6.28. The lowest BCUT2D eigenvalue weighted by Gasteiger charge is -2.16. The van der Waals surface area contributed by atoms with Crippen LogP contribution >= 0.6 is 15.9 Å². The van der Waals surface area contributed by atoms with E-state index in [-0.39, 0.29) is 5.84 Å². The molecular weight excluding hydrogens is 414 g/mol. The number of rotatable bonds is 7. The van der Waals surface area contributed by atoms with Gasteiger partial charge in [0.1, 0.15) is 0 Å². The fourth-order valence-electron chi connectivity index (χ4n) is 2.81. The van der Waals surface area contributed by atoms with Crippen molar-refractivity contribution in [3.8, 4) is 0 Å². The summed E-state index contributed by atoms with van der Waals surface area (Å²) in [7, 11) is 0. The van der Waals surface area contributed by atoms with E-state index in [0.29, 0.717) is 5.56 Å². The molecule has 0 atom stereocenters. The lowest BCUT2D eigenvalue weighted by Crippen LogP contribution is -2.08. The number of halogens is 1. The molecule has 0 spiro atoms. The van der Waals surface area contributed by atoms with Gasteiger partial charge in [-0.1, -0.05) is 64.2 Å². The average Bonchev–Trinajstić information content (AvgIpc) is 2.90. The van der Waals surface area contributed by atoms with Crippen molar-refractivity contribution in [3.63, 3.8) is 0 Å². The fraction of sp³-hybridized carbons (Fsp3) is 0.227. The highest BCUT2D eigenvalue weighted by atomic mass is 79.9. The number of allylic oxidation sites excluding steroid dienone is 8. The molecule has 4 N–H and O–H groups in total. The zero-order valence-electron chi connectivity index (χ0n) is 16.1. The molecule has 0 aliphatic heterocycles. The van der Waals surface area contributed by atoms with Gasteiger partial charge in [-0.3, -0.25) is 5.41 Å². The molecule has 0 heterocycles. The second kappa shape index (κ2) is 11.2. The second-order valence-corrected chi connectivity index (χ2v) is 7.27. The molecule has 0 aromatic heterocycles. The number of nitrogens with zero attached hydrogens (tertiary/aromatic N) is 2. The fourth-order valence-corrected chi connectivity index (χ4v) is 3.34. The summed E-state index contributed by atoms with van der Waals surface area (Å²) in [5.41, 5.74) is 4.68. The van der Waals surface area contributed by atoms with Gasteiger partial charge in [0.15, 0.2) is 5.84 Å². The largest absolute Gasteiger partial charge is 0.381 e. The first kappa shape index (κ1) is 21.6.